The number of carbonyl (C=O) groups excluding carboxylic acids is 2. The van der Waals surface area contributed by atoms with Gasteiger partial charge in [0.05, 0.1) is 18.4 Å². The first-order chi connectivity index (χ1) is 14.4. The van der Waals surface area contributed by atoms with Crippen molar-refractivity contribution >= 4 is 11.9 Å². The van der Waals surface area contributed by atoms with Crippen LogP contribution in [0.1, 0.15) is 37.9 Å². The first-order valence-electron chi connectivity index (χ1n) is 10.6. The smallest absolute Gasteiger partial charge is 0.309 e. The largest absolute Gasteiger partial charge is 0.328 e. The molecule has 0 atom stereocenters. The monoisotopic (exact) mass is 410 g/mol. The Kier molecular flexibility index (Phi) is 5.60. The lowest BCUT2D eigenvalue weighted by molar-refractivity contribution is -0.136. The maximum atomic E-state index is 13.6. The Morgan fingerprint density at radius 1 is 1.13 bits per heavy atom. The average Bonchev–Trinajstić information content (AvgIpc) is 3.21. The summed E-state index contributed by atoms with van der Waals surface area (Å²) in [5.41, 5.74) is 1.16. The fourth-order valence-electron chi connectivity index (χ4n) is 4.57. The molecule has 8 nitrogen and oxygen atoms in total. The molecule has 2 fully saturated rings. The van der Waals surface area contributed by atoms with E-state index >= 15 is 0 Å². The molecule has 3 amide bonds. The zero-order valence-electron chi connectivity index (χ0n) is 18.0. The van der Waals surface area contributed by atoms with Crippen LogP contribution >= 0.6 is 0 Å². The third-order valence-electron chi connectivity index (χ3n) is 6.06. The third-order valence-corrected chi connectivity index (χ3v) is 6.06. The molecule has 8 heteroatoms. The fraction of sp³-hybridized carbons (Fsp3) is 0.545. The van der Waals surface area contributed by atoms with Crippen LogP contribution in [-0.2, 0) is 24.9 Å². The Hall–Kier alpha value is -2.74. The van der Waals surface area contributed by atoms with Crippen LogP contribution in [0.25, 0.3) is 0 Å². The Labute approximate surface area is 177 Å². The van der Waals surface area contributed by atoms with Crippen LogP contribution < -0.4 is 0 Å². The lowest BCUT2D eigenvalue weighted by atomic mass is 9.85. The number of rotatable bonds is 6. The van der Waals surface area contributed by atoms with Crippen molar-refractivity contribution in [2.45, 2.75) is 45.3 Å². The van der Waals surface area contributed by atoms with Gasteiger partial charge in [0.1, 0.15) is 5.54 Å². The predicted octanol–water partition coefficient (Wildman–Crippen LogP) is 2.27. The summed E-state index contributed by atoms with van der Waals surface area (Å²) in [5.74, 6) is 0.224. The molecule has 0 saturated carbocycles. The number of nitrogens with zero attached hydrogens (tertiary/aromatic N) is 6. The van der Waals surface area contributed by atoms with Gasteiger partial charge in [-0.25, -0.2) is 4.79 Å². The number of piperidine rings is 1. The van der Waals surface area contributed by atoms with E-state index in [0.29, 0.717) is 25.3 Å². The number of hydrogen-bond donors (Lipinski definition) is 0. The molecule has 4 rings (SSSR count). The summed E-state index contributed by atoms with van der Waals surface area (Å²) in [4.78, 5) is 36.7. The number of hydrogen-bond acceptors (Lipinski definition) is 5. The highest BCUT2D eigenvalue weighted by Gasteiger charge is 2.57. The highest BCUT2D eigenvalue weighted by atomic mass is 16.2. The number of likely N-dealkylation sites (tertiary alicyclic amines) is 1. The van der Waals surface area contributed by atoms with Crippen molar-refractivity contribution in [1.82, 2.24) is 29.5 Å². The molecular weight excluding hydrogens is 380 g/mol. The third kappa shape index (κ3) is 3.84. The van der Waals surface area contributed by atoms with Gasteiger partial charge in [-0.3, -0.25) is 24.3 Å². The van der Waals surface area contributed by atoms with Gasteiger partial charge >= 0.3 is 6.03 Å². The van der Waals surface area contributed by atoms with Crippen LogP contribution in [0.4, 0.5) is 4.79 Å². The molecule has 1 spiro atoms. The fourth-order valence-corrected chi connectivity index (χ4v) is 4.57. The molecule has 2 saturated heterocycles. The highest BCUT2D eigenvalue weighted by Crippen LogP contribution is 2.38. The number of imide groups is 1. The van der Waals surface area contributed by atoms with E-state index in [1.54, 1.807) is 10.9 Å². The van der Waals surface area contributed by atoms with Gasteiger partial charge in [0.2, 0.25) is 0 Å². The molecule has 30 heavy (non-hydrogen) atoms. The lowest BCUT2D eigenvalue weighted by Crippen LogP contribution is -2.57. The molecule has 0 unspecified atom stereocenters. The summed E-state index contributed by atoms with van der Waals surface area (Å²) in [7, 11) is 1.91. The number of aromatic nitrogens is 3. The number of amides is 3. The van der Waals surface area contributed by atoms with E-state index in [1.165, 1.54) is 4.90 Å². The van der Waals surface area contributed by atoms with Crippen LogP contribution in [0.3, 0.4) is 0 Å². The molecule has 4 heterocycles. The number of pyridine rings is 1. The van der Waals surface area contributed by atoms with Crippen molar-refractivity contribution in [3.63, 3.8) is 0 Å². The molecule has 0 aliphatic carbocycles. The van der Waals surface area contributed by atoms with Gasteiger partial charge in [-0.05, 0) is 30.9 Å². The summed E-state index contributed by atoms with van der Waals surface area (Å²) in [6.45, 7) is 7.36. The highest BCUT2D eigenvalue weighted by molar-refractivity contribution is 6.07. The van der Waals surface area contributed by atoms with Crippen LogP contribution in [-0.4, -0.2) is 66.6 Å². The van der Waals surface area contributed by atoms with E-state index in [9.17, 15) is 9.59 Å². The summed E-state index contributed by atoms with van der Waals surface area (Å²) in [6.07, 6.45) is 6.91. The van der Waals surface area contributed by atoms with Gasteiger partial charge in [0.25, 0.3) is 5.91 Å². The minimum Gasteiger partial charge on any atom is -0.309 e. The van der Waals surface area contributed by atoms with Gasteiger partial charge in [0, 0.05) is 51.2 Å². The van der Waals surface area contributed by atoms with Crippen molar-refractivity contribution in [2.75, 3.05) is 19.6 Å². The second-order valence-corrected chi connectivity index (χ2v) is 8.83. The Morgan fingerprint density at radius 2 is 1.90 bits per heavy atom. The normalized spacial score (nSPS) is 19.5. The molecule has 2 aliphatic rings. The lowest BCUT2D eigenvalue weighted by Gasteiger charge is -2.42. The van der Waals surface area contributed by atoms with Crippen LogP contribution in [0.2, 0.25) is 0 Å². The molecule has 0 bridgehead atoms. The molecule has 2 aliphatic heterocycles. The zero-order valence-corrected chi connectivity index (χ0v) is 18.0. The van der Waals surface area contributed by atoms with Crippen LogP contribution in [0, 0.1) is 5.92 Å². The second kappa shape index (κ2) is 8.18. The molecule has 0 N–H and O–H groups in total. The summed E-state index contributed by atoms with van der Waals surface area (Å²) >= 11 is 0. The molecule has 160 valence electrons. The predicted molar refractivity (Wildman–Crippen MR) is 112 cm³/mol. The molecule has 0 aromatic carbocycles. The van der Waals surface area contributed by atoms with Crippen molar-refractivity contribution in [3.8, 4) is 0 Å². The van der Waals surface area contributed by atoms with Crippen LogP contribution in [0.15, 0.2) is 36.8 Å². The van der Waals surface area contributed by atoms with Crippen molar-refractivity contribution in [1.29, 1.82) is 0 Å². The van der Waals surface area contributed by atoms with Gasteiger partial charge in [-0.1, -0.05) is 19.9 Å². The van der Waals surface area contributed by atoms with Gasteiger partial charge in [-0.2, -0.15) is 5.10 Å². The summed E-state index contributed by atoms with van der Waals surface area (Å²) < 4.78 is 1.81. The van der Waals surface area contributed by atoms with E-state index in [0.717, 1.165) is 30.9 Å². The first-order valence-corrected chi connectivity index (χ1v) is 10.6. The Morgan fingerprint density at radius 3 is 2.50 bits per heavy atom. The Balaban J connectivity index is 1.52. The van der Waals surface area contributed by atoms with E-state index in [1.807, 2.05) is 42.5 Å². The van der Waals surface area contributed by atoms with Crippen molar-refractivity contribution < 1.29 is 9.59 Å². The van der Waals surface area contributed by atoms with E-state index in [4.69, 9.17) is 0 Å². The topological polar surface area (TPSA) is 74.6 Å². The molecule has 2 aromatic rings. The molecule has 0 radical (unpaired) electrons. The summed E-state index contributed by atoms with van der Waals surface area (Å²) in [6, 6.07) is 5.39. The van der Waals surface area contributed by atoms with E-state index in [-0.39, 0.29) is 18.5 Å². The SMILES string of the molecule is CC(C)CN1C(=O)N(Cc2ccccn2)C(=O)C12CCN(Cc1cnn(C)c1)CC2. The minimum atomic E-state index is -0.735. The quantitative estimate of drug-likeness (QED) is 0.683. The zero-order chi connectivity index (χ0) is 21.3. The van der Waals surface area contributed by atoms with Gasteiger partial charge in [0.15, 0.2) is 0 Å². The van der Waals surface area contributed by atoms with Crippen molar-refractivity contribution in [3.05, 3.63) is 48.0 Å². The van der Waals surface area contributed by atoms with Crippen LogP contribution in [0.5, 0.6) is 0 Å². The van der Waals surface area contributed by atoms with Crippen molar-refractivity contribution in [2.24, 2.45) is 13.0 Å². The minimum absolute atomic E-state index is 0.0696. The number of aryl methyl sites for hydroxylation is 1. The standard InChI is InChI=1S/C22H30N6O2/c1-17(2)13-28-21(30)27(16-19-6-4-5-9-23-19)20(29)22(28)7-10-26(11-8-22)15-18-12-24-25(3)14-18/h4-6,9,12,14,17H,7-8,10-11,13,15-16H2,1-3H3. The average molecular weight is 411 g/mol. The second-order valence-electron chi connectivity index (χ2n) is 8.83. The maximum absolute atomic E-state index is 13.6. The maximum Gasteiger partial charge on any atom is 0.328 e. The van der Waals surface area contributed by atoms with Gasteiger partial charge in [-0.15, -0.1) is 0 Å². The summed E-state index contributed by atoms with van der Waals surface area (Å²) in [5, 5.41) is 4.24. The molecule has 2 aromatic heterocycles. The molecular formula is C22H30N6O2. The number of urea groups is 1. The van der Waals surface area contributed by atoms with E-state index in [2.05, 4.69) is 28.8 Å². The number of carbonyl (C=O) groups is 2. The van der Waals surface area contributed by atoms with Gasteiger partial charge < -0.3 is 4.90 Å². The first kappa shape index (κ1) is 20.5. The van der Waals surface area contributed by atoms with E-state index < -0.39 is 5.54 Å². The Bertz CT molecular complexity index is 901.